The van der Waals surface area contributed by atoms with Gasteiger partial charge < -0.3 is 13.9 Å². The van der Waals surface area contributed by atoms with Crippen LogP contribution < -0.4 is 4.90 Å². The number of nitrogens with zero attached hydrogens (tertiary/aromatic N) is 2. The maximum absolute atomic E-state index is 6.48. The Bertz CT molecular complexity index is 2750. The first kappa shape index (κ1) is 27.5. The van der Waals surface area contributed by atoms with Gasteiger partial charge in [-0.25, -0.2) is 0 Å². The Labute approximate surface area is 283 Å². The molecule has 8 aromatic carbocycles. The fourth-order valence-electron chi connectivity index (χ4n) is 7.52. The molecule has 2 aromatic heterocycles. The third kappa shape index (κ3) is 4.37. The van der Waals surface area contributed by atoms with Crippen molar-refractivity contribution < 1.29 is 4.42 Å². The Morgan fingerprint density at radius 2 is 0.898 bits per heavy atom. The summed E-state index contributed by atoms with van der Waals surface area (Å²) in [6, 6.07) is 65.0. The molecule has 0 unspecified atom stereocenters. The average Bonchev–Trinajstić information content (AvgIpc) is 3.72. The van der Waals surface area contributed by atoms with Crippen LogP contribution in [0.4, 0.5) is 17.1 Å². The van der Waals surface area contributed by atoms with Crippen LogP contribution in [0.1, 0.15) is 0 Å². The van der Waals surface area contributed by atoms with Crippen LogP contribution in [0.25, 0.3) is 71.3 Å². The van der Waals surface area contributed by atoms with Crippen LogP contribution >= 0.6 is 0 Å². The highest BCUT2D eigenvalue weighted by molar-refractivity contribution is 6.19. The smallest absolute Gasteiger partial charge is 0.143 e. The normalized spacial score (nSPS) is 11.7. The fourth-order valence-corrected chi connectivity index (χ4v) is 7.52. The summed E-state index contributed by atoms with van der Waals surface area (Å²) in [6.07, 6.45) is 0. The van der Waals surface area contributed by atoms with E-state index < -0.39 is 0 Å². The molecule has 0 aliphatic rings. The molecular weight excluding hydrogens is 597 g/mol. The molecule has 49 heavy (non-hydrogen) atoms. The van der Waals surface area contributed by atoms with E-state index in [2.05, 4.69) is 185 Å². The Balaban J connectivity index is 1.19. The molecule has 0 bridgehead atoms. The van der Waals surface area contributed by atoms with Crippen LogP contribution in [0.5, 0.6) is 0 Å². The molecule has 0 aliphatic carbocycles. The van der Waals surface area contributed by atoms with E-state index in [0.717, 1.165) is 55.5 Å². The van der Waals surface area contributed by atoms with Crippen molar-refractivity contribution in [2.24, 2.45) is 0 Å². The van der Waals surface area contributed by atoms with Crippen LogP contribution in [0.15, 0.2) is 186 Å². The first-order valence-corrected chi connectivity index (χ1v) is 16.7. The number of furan rings is 1. The molecule has 0 amide bonds. The maximum atomic E-state index is 6.48. The van der Waals surface area contributed by atoms with Crippen molar-refractivity contribution in [3.63, 3.8) is 0 Å². The number of aromatic nitrogens is 1. The molecule has 0 radical (unpaired) electrons. The minimum atomic E-state index is 0.897. The van der Waals surface area contributed by atoms with Gasteiger partial charge in [0.15, 0.2) is 0 Å². The number of rotatable bonds is 5. The SMILES string of the molecule is c1ccc(-c2ccc(N(c3ccc(-n4c5ccccc5c5ccccc54)cc3)c3cc4c5ccccc5oc4c4ccccc34)cc2)cc1. The van der Waals surface area contributed by atoms with Gasteiger partial charge in [0.2, 0.25) is 0 Å². The second kappa shape index (κ2) is 11.0. The Hall–Kier alpha value is -6.58. The van der Waals surface area contributed by atoms with Gasteiger partial charge in [-0.05, 0) is 71.8 Å². The van der Waals surface area contributed by atoms with E-state index in [9.17, 15) is 0 Å². The van der Waals surface area contributed by atoms with Gasteiger partial charge in [0, 0.05) is 49.4 Å². The first-order chi connectivity index (χ1) is 24.3. The molecule has 0 aliphatic heterocycles. The molecule has 0 saturated heterocycles. The molecular formula is C46H30N2O. The summed E-state index contributed by atoms with van der Waals surface area (Å²) in [5.41, 5.74) is 11.0. The van der Waals surface area contributed by atoms with Crippen LogP contribution in [0.2, 0.25) is 0 Å². The summed E-state index contributed by atoms with van der Waals surface area (Å²) in [7, 11) is 0. The van der Waals surface area contributed by atoms with Crippen molar-refractivity contribution in [3.05, 3.63) is 182 Å². The molecule has 0 N–H and O–H groups in total. The van der Waals surface area contributed by atoms with Gasteiger partial charge in [-0.2, -0.15) is 0 Å². The van der Waals surface area contributed by atoms with Gasteiger partial charge >= 0.3 is 0 Å². The standard InChI is InChI=1S/C46H30N2O/c1-2-12-31(13-3-1)32-22-24-33(25-23-32)47(44-30-41-39-17-8-11-21-45(39)49-46(41)40-18-5-4-16-38(40)44)34-26-28-35(29-27-34)48-42-19-9-6-14-36(42)37-15-7-10-20-43(37)48/h1-30H. The van der Waals surface area contributed by atoms with Crippen molar-refractivity contribution in [1.29, 1.82) is 0 Å². The highest BCUT2D eigenvalue weighted by Crippen LogP contribution is 2.45. The molecule has 0 spiro atoms. The average molecular weight is 627 g/mol. The minimum Gasteiger partial charge on any atom is -0.455 e. The predicted octanol–water partition coefficient (Wildman–Crippen LogP) is 13.0. The second-order valence-electron chi connectivity index (χ2n) is 12.6. The lowest BCUT2D eigenvalue weighted by molar-refractivity contribution is 0.672. The first-order valence-electron chi connectivity index (χ1n) is 16.7. The molecule has 0 fully saturated rings. The highest BCUT2D eigenvalue weighted by Gasteiger charge is 2.21. The molecule has 3 nitrogen and oxygen atoms in total. The van der Waals surface area contributed by atoms with E-state index >= 15 is 0 Å². The molecule has 0 saturated carbocycles. The summed E-state index contributed by atoms with van der Waals surface area (Å²) < 4.78 is 8.85. The number of hydrogen-bond donors (Lipinski definition) is 0. The van der Waals surface area contributed by atoms with Crippen molar-refractivity contribution in [3.8, 4) is 16.8 Å². The van der Waals surface area contributed by atoms with Gasteiger partial charge in [0.05, 0.1) is 16.7 Å². The Kier molecular flexibility index (Phi) is 6.18. The van der Waals surface area contributed by atoms with Crippen LogP contribution in [0.3, 0.4) is 0 Å². The zero-order chi connectivity index (χ0) is 32.3. The maximum Gasteiger partial charge on any atom is 0.143 e. The number of fused-ring (bicyclic) bond motifs is 8. The fraction of sp³-hybridized carbons (Fsp3) is 0. The highest BCUT2D eigenvalue weighted by atomic mass is 16.3. The molecule has 0 atom stereocenters. The van der Waals surface area contributed by atoms with E-state index in [1.54, 1.807) is 0 Å². The largest absolute Gasteiger partial charge is 0.455 e. The number of anilines is 3. The van der Waals surface area contributed by atoms with Crippen molar-refractivity contribution in [1.82, 2.24) is 4.57 Å². The van der Waals surface area contributed by atoms with Crippen LogP contribution in [-0.2, 0) is 0 Å². The molecule has 10 aromatic rings. The summed E-state index contributed by atoms with van der Waals surface area (Å²) in [4.78, 5) is 2.38. The van der Waals surface area contributed by atoms with Gasteiger partial charge in [-0.15, -0.1) is 0 Å². The lowest BCUT2D eigenvalue weighted by atomic mass is 10.0. The zero-order valence-corrected chi connectivity index (χ0v) is 26.6. The molecule has 230 valence electrons. The van der Waals surface area contributed by atoms with Crippen molar-refractivity contribution in [2.45, 2.75) is 0 Å². The van der Waals surface area contributed by atoms with Gasteiger partial charge in [0.25, 0.3) is 0 Å². The Morgan fingerprint density at radius 3 is 1.57 bits per heavy atom. The van der Waals surface area contributed by atoms with E-state index in [1.165, 1.54) is 32.9 Å². The zero-order valence-electron chi connectivity index (χ0n) is 26.6. The second-order valence-corrected chi connectivity index (χ2v) is 12.6. The Morgan fingerprint density at radius 1 is 0.388 bits per heavy atom. The van der Waals surface area contributed by atoms with Gasteiger partial charge in [-0.1, -0.05) is 121 Å². The molecule has 2 heterocycles. The minimum absolute atomic E-state index is 0.897. The van der Waals surface area contributed by atoms with Gasteiger partial charge in [-0.3, -0.25) is 0 Å². The van der Waals surface area contributed by atoms with Crippen molar-refractivity contribution in [2.75, 3.05) is 4.90 Å². The third-order valence-corrected chi connectivity index (χ3v) is 9.78. The van der Waals surface area contributed by atoms with Crippen LogP contribution in [-0.4, -0.2) is 4.57 Å². The van der Waals surface area contributed by atoms with E-state index in [0.29, 0.717) is 0 Å². The lowest BCUT2D eigenvalue weighted by Crippen LogP contribution is -2.11. The molecule has 10 rings (SSSR count). The summed E-state index contributed by atoms with van der Waals surface area (Å²) >= 11 is 0. The number of para-hydroxylation sites is 3. The quantitative estimate of drug-likeness (QED) is 0.190. The lowest BCUT2D eigenvalue weighted by Gasteiger charge is -2.27. The van der Waals surface area contributed by atoms with Crippen LogP contribution in [0, 0.1) is 0 Å². The van der Waals surface area contributed by atoms with E-state index in [4.69, 9.17) is 4.42 Å². The molecule has 3 heteroatoms. The topological polar surface area (TPSA) is 21.3 Å². The third-order valence-electron chi connectivity index (χ3n) is 9.78. The number of benzene rings is 8. The van der Waals surface area contributed by atoms with E-state index in [1.807, 2.05) is 6.07 Å². The monoisotopic (exact) mass is 626 g/mol. The van der Waals surface area contributed by atoms with Crippen molar-refractivity contribution >= 4 is 71.6 Å². The summed E-state index contributed by atoms with van der Waals surface area (Å²) in [5.74, 6) is 0. The number of hydrogen-bond acceptors (Lipinski definition) is 2. The van der Waals surface area contributed by atoms with E-state index in [-0.39, 0.29) is 0 Å². The summed E-state index contributed by atoms with van der Waals surface area (Å²) in [5, 5.41) is 6.97. The van der Waals surface area contributed by atoms with Gasteiger partial charge in [0.1, 0.15) is 11.2 Å². The predicted molar refractivity (Wildman–Crippen MR) is 206 cm³/mol. The summed E-state index contributed by atoms with van der Waals surface area (Å²) in [6.45, 7) is 0.